The van der Waals surface area contributed by atoms with Crippen LogP contribution in [0.3, 0.4) is 0 Å². The lowest BCUT2D eigenvalue weighted by atomic mass is 10.1. The van der Waals surface area contributed by atoms with E-state index in [-0.39, 0.29) is 29.8 Å². The van der Waals surface area contributed by atoms with E-state index in [1.54, 1.807) is 23.1 Å². The number of hydrogen-bond acceptors (Lipinski definition) is 6. The summed E-state index contributed by atoms with van der Waals surface area (Å²) in [5, 5.41) is 10.8. The summed E-state index contributed by atoms with van der Waals surface area (Å²) in [6.07, 6.45) is -1.79. The van der Waals surface area contributed by atoms with E-state index in [1.807, 2.05) is 13.8 Å². The second-order valence-electron chi connectivity index (χ2n) is 9.00. The molecule has 0 radical (unpaired) electrons. The Labute approximate surface area is 223 Å². The number of amides is 1. The van der Waals surface area contributed by atoms with Gasteiger partial charge in [0.05, 0.1) is 10.5 Å². The average molecular weight is 563 g/mol. The zero-order valence-electron chi connectivity index (χ0n) is 21.0. The summed E-state index contributed by atoms with van der Waals surface area (Å²) in [5.74, 6) is -0.257. The first kappa shape index (κ1) is 29.4. The van der Waals surface area contributed by atoms with Gasteiger partial charge in [-0.05, 0) is 65.6 Å². The molecule has 3 aromatic rings. The number of carbonyl (C=O) groups excluding carboxylic acids is 1. The predicted molar refractivity (Wildman–Crippen MR) is 138 cm³/mol. The zero-order chi connectivity index (χ0) is 28.8. The van der Waals surface area contributed by atoms with Crippen LogP contribution in [-0.4, -0.2) is 30.7 Å². The molecular weight excluding hydrogens is 537 g/mol. The second-order valence-corrected chi connectivity index (χ2v) is 10.5. The maximum Gasteiger partial charge on any atom is 0.416 e. The van der Waals surface area contributed by atoms with Crippen molar-refractivity contribution in [3.63, 3.8) is 0 Å². The number of hydrogen-bond donors (Lipinski definition) is 0. The Morgan fingerprint density at radius 3 is 2.26 bits per heavy atom. The molecule has 0 bridgehead atoms. The summed E-state index contributed by atoms with van der Waals surface area (Å²) in [5.41, 5.74) is 0.105. The molecule has 3 rings (SSSR count). The third kappa shape index (κ3) is 8.40. The number of nitro benzene ring substituents is 1. The molecule has 0 fully saturated rings. The SMILES string of the molecule is CC(C)CN(Cc1ccc(OS(=O)(=O)c2cccc(C(F)(F)F)c2)cc1)C(=O)/C=C/c1ccc([N+](=O)[O-])cc1. The van der Waals surface area contributed by atoms with Gasteiger partial charge in [0.25, 0.3) is 5.69 Å². The second kappa shape index (κ2) is 12.1. The van der Waals surface area contributed by atoms with Crippen LogP contribution >= 0.6 is 0 Å². The van der Waals surface area contributed by atoms with Crippen molar-refractivity contribution in [2.45, 2.75) is 31.5 Å². The van der Waals surface area contributed by atoms with Crippen molar-refractivity contribution in [3.8, 4) is 5.75 Å². The van der Waals surface area contributed by atoms with Crippen LogP contribution < -0.4 is 4.18 Å². The topological polar surface area (TPSA) is 107 Å². The third-order valence-electron chi connectivity index (χ3n) is 5.37. The standard InChI is InChI=1S/C27H25F3N2O6S/c1-19(2)17-31(26(33)15-10-20-6-11-23(12-7-20)32(34)35)18-21-8-13-24(14-9-21)38-39(36,37)25-5-3-4-22(16-25)27(28,29)30/h3-16,19H,17-18H2,1-2H3/b15-10+. The van der Waals surface area contributed by atoms with Crippen molar-refractivity contribution >= 4 is 27.8 Å². The first-order valence-electron chi connectivity index (χ1n) is 11.7. The number of halogens is 3. The van der Waals surface area contributed by atoms with Crippen LogP contribution in [0.2, 0.25) is 0 Å². The van der Waals surface area contributed by atoms with Crippen molar-refractivity contribution in [1.82, 2.24) is 4.90 Å². The van der Waals surface area contributed by atoms with Crippen molar-refractivity contribution in [2.75, 3.05) is 6.54 Å². The minimum atomic E-state index is -4.70. The van der Waals surface area contributed by atoms with E-state index in [4.69, 9.17) is 4.18 Å². The minimum absolute atomic E-state index is 0.0602. The van der Waals surface area contributed by atoms with E-state index in [2.05, 4.69) is 0 Å². The number of non-ortho nitro benzene ring substituents is 1. The molecule has 12 heteroatoms. The first-order valence-corrected chi connectivity index (χ1v) is 13.1. The molecule has 0 saturated heterocycles. The Kier molecular flexibility index (Phi) is 9.12. The first-order chi connectivity index (χ1) is 18.2. The van der Waals surface area contributed by atoms with Crippen molar-refractivity contribution in [3.05, 3.63) is 106 Å². The number of alkyl halides is 3. The molecular formula is C27H25F3N2O6S. The Bertz CT molecular complexity index is 1450. The fourth-order valence-corrected chi connectivity index (χ4v) is 4.50. The average Bonchev–Trinajstić information content (AvgIpc) is 2.87. The van der Waals surface area contributed by atoms with Gasteiger partial charge >= 0.3 is 16.3 Å². The van der Waals surface area contributed by atoms with E-state index < -0.39 is 31.7 Å². The van der Waals surface area contributed by atoms with E-state index >= 15 is 0 Å². The highest BCUT2D eigenvalue weighted by Gasteiger charge is 2.32. The number of nitrogens with zero attached hydrogens (tertiary/aromatic N) is 2. The van der Waals surface area contributed by atoms with Gasteiger partial charge in [0.1, 0.15) is 10.6 Å². The van der Waals surface area contributed by atoms with Crippen LogP contribution in [0.25, 0.3) is 6.08 Å². The third-order valence-corrected chi connectivity index (χ3v) is 6.62. The van der Waals surface area contributed by atoms with Crippen LogP contribution in [0, 0.1) is 16.0 Å². The Balaban J connectivity index is 1.71. The van der Waals surface area contributed by atoms with Gasteiger partial charge in [0.2, 0.25) is 5.91 Å². The van der Waals surface area contributed by atoms with Gasteiger partial charge < -0.3 is 9.08 Å². The fraction of sp³-hybridized carbons (Fsp3) is 0.222. The molecule has 0 aliphatic carbocycles. The van der Waals surface area contributed by atoms with Gasteiger partial charge in [0, 0.05) is 31.3 Å². The molecule has 206 valence electrons. The fourth-order valence-electron chi connectivity index (χ4n) is 3.53. The van der Waals surface area contributed by atoms with Gasteiger partial charge in [-0.25, -0.2) is 0 Å². The Hall–Kier alpha value is -4.19. The Morgan fingerprint density at radius 1 is 1.05 bits per heavy atom. The maximum atomic E-state index is 13.0. The van der Waals surface area contributed by atoms with Crippen LogP contribution in [-0.2, 0) is 27.6 Å². The highest BCUT2D eigenvalue weighted by Crippen LogP contribution is 2.31. The summed E-state index contributed by atoms with van der Waals surface area (Å²) < 4.78 is 68.9. The molecule has 1 amide bonds. The molecule has 3 aromatic carbocycles. The van der Waals surface area contributed by atoms with Gasteiger partial charge in [-0.3, -0.25) is 14.9 Å². The van der Waals surface area contributed by atoms with E-state index in [0.29, 0.717) is 23.7 Å². The van der Waals surface area contributed by atoms with Crippen LogP contribution in [0.1, 0.15) is 30.5 Å². The van der Waals surface area contributed by atoms with Crippen molar-refractivity contribution in [2.24, 2.45) is 5.92 Å². The molecule has 0 heterocycles. The summed E-state index contributed by atoms with van der Waals surface area (Å²) >= 11 is 0. The van der Waals surface area contributed by atoms with E-state index in [1.165, 1.54) is 42.5 Å². The molecule has 0 unspecified atom stereocenters. The molecule has 0 atom stereocenters. The van der Waals surface area contributed by atoms with Gasteiger partial charge in [-0.2, -0.15) is 21.6 Å². The molecule has 0 saturated carbocycles. The quantitative estimate of drug-likeness (QED) is 0.128. The summed E-state index contributed by atoms with van der Waals surface area (Å²) in [4.78, 5) is 24.1. The van der Waals surface area contributed by atoms with Crippen LogP contribution in [0.4, 0.5) is 18.9 Å². The molecule has 0 aliphatic rings. The lowest BCUT2D eigenvalue weighted by molar-refractivity contribution is -0.384. The molecule has 39 heavy (non-hydrogen) atoms. The summed E-state index contributed by atoms with van der Waals surface area (Å²) in [7, 11) is -4.51. The summed E-state index contributed by atoms with van der Waals surface area (Å²) in [6, 6.07) is 14.8. The molecule has 0 aromatic heterocycles. The van der Waals surface area contributed by atoms with Crippen LogP contribution in [0.15, 0.2) is 83.8 Å². The van der Waals surface area contributed by atoms with Gasteiger partial charge in [-0.15, -0.1) is 0 Å². The van der Waals surface area contributed by atoms with Crippen molar-refractivity contribution < 1.29 is 35.5 Å². The van der Waals surface area contributed by atoms with E-state index in [9.17, 15) is 36.5 Å². The largest absolute Gasteiger partial charge is 0.416 e. The highest BCUT2D eigenvalue weighted by atomic mass is 32.2. The smallest absolute Gasteiger partial charge is 0.379 e. The van der Waals surface area contributed by atoms with E-state index in [0.717, 1.165) is 18.2 Å². The predicted octanol–water partition coefficient (Wildman–Crippen LogP) is 6.08. The summed E-state index contributed by atoms with van der Waals surface area (Å²) in [6.45, 7) is 4.50. The number of nitro groups is 1. The van der Waals surface area contributed by atoms with Crippen LogP contribution in [0.5, 0.6) is 5.75 Å². The number of carbonyl (C=O) groups is 1. The van der Waals surface area contributed by atoms with Crippen molar-refractivity contribution in [1.29, 1.82) is 0 Å². The molecule has 0 spiro atoms. The monoisotopic (exact) mass is 562 g/mol. The maximum absolute atomic E-state index is 13.0. The minimum Gasteiger partial charge on any atom is -0.379 e. The molecule has 0 aliphatic heterocycles. The normalized spacial score (nSPS) is 12.1. The lowest BCUT2D eigenvalue weighted by Gasteiger charge is -2.23. The number of rotatable bonds is 10. The lowest BCUT2D eigenvalue weighted by Crippen LogP contribution is -2.32. The number of benzene rings is 3. The highest BCUT2D eigenvalue weighted by molar-refractivity contribution is 7.87. The molecule has 0 N–H and O–H groups in total. The van der Waals surface area contributed by atoms with Gasteiger partial charge in [0.15, 0.2) is 0 Å². The molecule has 8 nitrogen and oxygen atoms in total. The zero-order valence-corrected chi connectivity index (χ0v) is 21.8. The Morgan fingerprint density at radius 2 is 1.69 bits per heavy atom. The van der Waals surface area contributed by atoms with Gasteiger partial charge in [-0.1, -0.05) is 32.0 Å².